The topological polar surface area (TPSA) is 60.1 Å². The molecule has 1 saturated carbocycles. The van der Waals surface area contributed by atoms with E-state index >= 15 is 0 Å². The molecule has 0 bridgehead atoms. The third-order valence-corrected chi connectivity index (χ3v) is 6.81. The van der Waals surface area contributed by atoms with E-state index in [1.54, 1.807) is 10.8 Å². The number of allylic oxidation sites excluding steroid dienone is 2. The zero-order chi connectivity index (χ0) is 23.9. The minimum atomic E-state index is -0.0814. The van der Waals surface area contributed by atoms with Gasteiger partial charge in [0, 0.05) is 28.9 Å². The summed E-state index contributed by atoms with van der Waals surface area (Å²) < 4.78 is 7.75. The van der Waals surface area contributed by atoms with Gasteiger partial charge in [0.25, 0.3) is 5.56 Å². The highest BCUT2D eigenvalue weighted by molar-refractivity contribution is 6.05. The molecule has 1 unspecified atom stereocenters. The molecule has 5 aromatic rings. The minimum absolute atomic E-state index is 0.0579. The van der Waals surface area contributed by atoms with Gasteiger partial charge in [0.15, 0.2) is 0 Å². The van der Waals surface area contributed by atoms with Gasteiger partial charge in [0.2, 0.25) is 0 Å². The summed E-state index contributed by atoms with van der Waals surface area (Å²) in [5, 5.41) is 5.59. The van der Waals surface area contributed by atoms with Crippen LogP contribution in [0.4, 0.5) is 5.69 Å². The van der Waals surface area contributed by atoms with E-state index in [-0.39, 0.29) is 11.6 Å². The van der Waals surface area contributed by atoms with Crippen molar-refractivity contribution in [2.24, 2.45) is 0 Å². The molecule has 6 rings (SSSR count). The average molecular weight is 462 g/mol. The van der Waals surface area contributed by atoms with Crippen LogP contribution in [0.15, 0.2) is 93.8 Å². The Bertz CT molecular complexity index is 1650. The van der Waals surface area contributed by atoms with Gasteiger partial charge in [-0.25, -0.2) is 4.98 Å². The van der Waals surface area contributed by atoms with Crippen LogP contribution in [0.2, 0.25) is 0 Å². The van der Waals surface area contributed by atoms with E-state index in [0.29, 0.717) is 18.1 Å². The van der Waals surface area contributed by atoms with Crippen LogP contribution in [0.25, 0.3) is 33.3 Å². The lowest BCUT2D eigenvalue weighted by Crippen LogP contribution is -2.26. The molecule has 0 saturated heterocycles. The number of aromatic nitrogens is 2. The number of nitrogens with zero attached hydrogens (tertiary/aromatic N) is 2. The van der Waals surface area contributed by atoms with Gasteiger partial charge in [0.1, 0.15) is 22.7 Å². The molecule has 1 fully saturated rings. The standard InChI is InChI=1S/C30H27N3O2/c1-19-7-3-4-8-23(19)29-31-18-26(30(34)33(29)16-15-21-11-12-21)32-20(2)22-13-14-28-25(17-22)24-9-5-6-10-27(24)35-28/h3-10,13-15,17-18,20,32H,11-12,16H2,1-2H3. The molecule has 0 amide bonds. The van der Waals surface area contributed by atoms with Gasteiger partial charge in [0.05, 0.1) is 6.20 Å². The molecule has 1 atom stereocenters. The molecule has 0 radical (unpaired) electrons. The van der Waals surface area contributed by atoms with Crippen LogP contribution in [-0.2, 0) is 6.54 Å². The quantitative estimate of drug-likeness (QED) is 0.276. The van der Waals surface area contributed by atoms with Crippen LogP contribution in [0.3, 0.4) is 0 Å². The summed E-state index contributed by atoms with van der Waals surface area (Å²) in [5.74, 6) is 0.704. The molecule has 1 aliphatic carbocycles. The van der Waals surface area contributed by atoms with Crippen molar-refractivity contribution in [3.63, 3.8) is 0 Å². The Morgan fingerprint density at radius 1 is 1.03 bits per heavy atom. The molecule has 1 N–H and O–H groups in total. The van der Waals surface area contributed by atoms with Gasteiger partial charge in [-0.1, -0.05) is 60.2 Å². The highest BCUT2D eigenvalue weighted by Crippen LogP contribution is 2.31. The lowest BCUT2D eigenvalue weighted by Gasteiger charge is -2.18. The van der Waals surface area contributed by atoms with Crippen LogP contribution in [0, 0.1) is 6.92 Å². The Morgan fingerprint density at radius 3 is 2.63 bits per heavy atom. The highest BCUT2D eigenvalue weighted by Gasteiger charge is 2.17. The first-order valence-electron chi connectivity index (χ1n) is 12.1. The lowest BCUT2D eigenvalue weighted by molar-refractivity contribution is 0.668. The number of rotatable bonds is 6. The molecular formula is C30H27N3O2. The third-order valence-electron chi connectivity index (χ3n) is 6.81. The van der Waals surface area contributed by atoms with Gasteiger partial charge in [-0.15, -0.1) is 0 Å². The van der Waals surface area contributed by atoms with Crippen LogP contribution >= 0.6 is 0 Å². The van der Waals surface area contributed by atoms with E-state index in [1.807, 2.05) is 48.5 Å². The Balaban J connectivity index is 1.37. The smallest absolute Gasteiger partial charge is 0.277 e. The molecule has 3 aromatic carbocycles. The number of hydrogen-bond donors (Lipinski definition) is 1. The fourth-order valence-electron chi connectivity index (χ4n) is 4.63. The van der Waals surface area contributed by atoms with Crippen molar-refractivity contribution in [1.29, 1.82) is 0 Å². The Morgan fingerprint density at radius 2 is 1.80 bits per heavy atom. The molecule has 1 aliphatic rings. The molecule has 0 aliphatic heterocycles. The van der Waals surface area contributed by atoms with Crippen molar-refractivity contribution in [3.8, 4) is 11.4 Å². The van der Waals surface area contributed by atoms with E-state index in [4.69, 9.17) is 9.40 Å². The predicted molar refractivity (Wildman–Crippen MR) is 142 cm³/mol. The summed E-state index contributed by atoms with van der Waals surface area (Å²) >= 11 is 0. The first kappa shape index (κ1) is 21.4. The zero-order valence-corrected chi connectivity index (χ0v) is 19.9. The SMILES string of the molecule is Cc1ccccc1-c1ncc(NC(C)c2ccc3oc4ccccc4c3c2)c(=O)n1CC=C1CC1. The number of hydrogen-bond acceptors (Lipinski definition) is 4. The fourth-order valence-corrected chi connectivity index (χ4v) is 4.63. The third kappa shape index (κ3) is 4.03. The summed E-state index contributed by atoms with van der Waals surface area (Å²) in [5.41, 5.74) is 6.75. The molecule has 5 nitrogen and oxygen atoms in total. The van der Waals surface area contributed by atoms with Gasteiger partial charge < -0.3 is 9.73 Å². The maximum absolute atomic E-state index is 13.6. The molecule has 35 heavy (non-hydrogen) atoms. The largest absolute Gasteiger partial charge is 0.456 e. The van der Waals surface area contributed by atoms with E-state index in [2.05, 4.69) is 43.4 Å². The maximum Gasteiger partial charge on any atom is 0.277 e. The second kappa shape index (κ2) is 8.58. The average Bonchev–Trinajstić information content (AvgIpc) is 3.63. The summed E-state index contributed by atoms with van der Waals surface area (Å²) in [6, 6.07) is 22.2. The summed E-state index contributed by atoms with van der Waals surface area (Å²) in [6.45, 7) is 4.64. The van der Waals surface area contributed by atoms with Crippen molar-refractivity contribution in [3.05, 3.63) is 106 Å². The van der Waals surface area contributed by atoms with Crippen molar-refractivity contribution in [1.82, 2.24) is 9.55 Å². The Hall–Kier alpha value is -4.12. The highest BCUT2D eigenvalue weighted by atomic mass is 16.3. The van der Waals surface area contributed by atoms with Crippen molar-refractivity contribution in [2.75, 3.05) is 5.32 Å². The number of benzene rings is 3. The lowest BCUT2D eigenvalue weighted by atomic mass is 10.0. The fraction of sp³-hybridized carbons (Fsp3) is 0.200. The molecule has 174 valence electrons. The van der Waals surface area contributed by atoms with Gasteiger partial charge >= 0.3 is 0 Å². The maximum atomic E-state index is 13.6. The number of furan rings is 1. The monoisotopic (exact) mass is 461 g/mol. The second-order valence-corrected chi connectivity index (χ2v) is 9.31. The van der Waals surface area contributed by atoms with Gasteiger partial charge in [-0.3, -0.25) is 9.36 Å². The van der Waals surface area contributed by atoms with E-state index in [0.717, 1.165) is 51.5 Å². The second-order valence-electron chi connectivity index (χ2n) is 9.31. The van der Waals surface area contributed by atoms with Crippen LogP contribution < -0.4 is 10.9 Å². The van der Waals surface area contributed by atoms with Crippen LogP contribution in [-0.4, -0.2) is 9.55 Å². The van der Waals surface area contributed by atoms with Crippen LogP contribution in [0.1, 0.15) is 36.9 Å². The van der Waals surface area contributed by atoms with Crippen molar-refractivity contribution < 1.29 is 4.42 Å². The van der Waals surface area contributed by atoms with Gasteiger partial charge in [-0.05, 0) is 56.0 Å². The molecule has 2 aromatic heterocycles. The van der Waals surface area contributed by atoms with E-state index in [9.17, 15) is 4.79 Å². The number of fused-ring (bicyclic) bond motifs is 3. The first-order valence-corrected chi connectivity index (χ1v) is 12.1. The van der Waals surface area contributed by atoms with Gasteiger partial charge in [-0.2, -0.15) is 0 Å². The summed E-state index contributed by atoms with van der Waals surface area (Å²) in [6.07, 6.45) is 6.09. The normalized spacial score (nSPS) is 13.8. The molecule has 0 spiro atoms. The number of anilines is 1. The van der Waals surface area contributed by atoms with Crippen LogP contribution in [0.5, 0.6) is 0 Å². The number of para-hydroxylation sites is 1. The Labute approximate surface area is 203 Å². The van der Waals surface area contributed by atoms with E-state index in [1.165, 1.54) is 5.57 Å². The van der Waals surface area contributed by atoms with Crippen molar-refractivity contribution in [2.45, 2.75) is 39.3 Å². The Kier molecular flexibility index (Phi) is 5.25. The summed E-state index contributed by atoms with van der Waals surface area (Å²) in [7, 11) is 0. The molecule has 2 heterocycles. The predicted octanol–water partition coefficient (Wildman–Crippen LogP) is 7.01. The number of nitrogens with one attached hydrogen (secondary N) is 1. The number of aryl methyl sites for hydroxylation is 1. The van der Waals surface area contributed by atoms with Crippen molar-refractivity contribution >= 4 is 27.6 Å². The van der Waals surface area contributed by atoms with E-state index < -0.39 is 0 Å². The first-order chi connectivity index (χ1) is 17.1. The summed E-state index contributed by atoms with van der Waals surface area (Å²) in [4.78, 5) is 18.4. The minimum Gasteiger partial charge on any atom is -0.456 e. The molecule has 5 heteroatoms. The molecular weight excluding hydrogens is 434 g/mol. The zero-order valence-electron chi connectivity index (χ0n) is 19.9.